The Hall–Kier alpha value is -4.48. The molecule has 2 N–H and O–H groups in total. The second-order valence-electron chi connectivity index (χ2n) is 7.67. The molecular formula is C28H26ClN3O5. The standard InChI is InChI=1S/C28H26ClN3O5/c1-3-36-25-15-20(13-21(16-30)28(34)31-17-19-7-5-4-6-8-19)14-24(29)27(25)37-18-26(33)32-22-9-11-23(35-2)12-10-22/h4-15H,3,17-18H2,1-2H3,(H,31,34)(H,32,33)/b21-13+. The summed E-state index contributed by atoms with van der Waals surface area (Å²) < 4.78 is 16.4. The summed E-state index contributed by atoms with van der Waals surface area (Å²) in [5.41, 5.74) is 1.87. The fourth-order valence-corrected chi connectivity index (χ4v) is 3.55. The molecule has 0 aliphatic heterocycles. The number of carbonyl (C=O) groups is 2. The van der Waals surface area contributed by atoms with Gasteiger partial charge in [-0.3, -0.25) is 9.59 Å². The number of amides is 2. The quantitative estimate of drug-likeness (QED) is 0.273. The van der Waals surface area contributed by atoms with Gasteiger partial charge in [-0.05, 0) is 60.5 Å². The highest BCUT2D eigenvalue weighted by molar-refractivity contribution is 6.32. The predicted octanol–water partition coefficient (Wildman–Crippen LogP) is 4.99. The number of hydrogen-bond acceptors (Lipinski definition) is 6. The molecule has 0 bridgehead atoms. The van der Waals surface area contributed by atoms with Crippen molar-refractivity contribution in [2.45, 2.75) is 13.5 Å². The Morgan fingerprint density at radius 2 is 1.78 bits per heavy atom. The summed E-state index contributed by atoms with van der Waals surface area (Å²) in [5, 5.41) is 15.1. The Bertz CT molecular complexity index is 1300. The Labute approximate surface area is 220 Å². The normalized spacial score (nSPS) is 10.7. The minimum atomic E-state index is -0.518. The molecule has 0 saturated carbocycles. The fraction of sp³-hybridized carbons (Fsp3) is 0.179. The van der Waals surface area contributed by atoms with Gasteiger partial charge in [0.05, 0.1) is 18.7 Å². The first-order valence-electron chi connectivity index (χ1n) is 11.4. The van der Waals surface area contributed by atoms with Crippen molar-refractivity contribution in [2.24, 2.45) is 0 Å². The molecule has 0 atom stereocenters. The van der Waals surface area contributed by atoms with Gasteiger partial charge in [0.2, 0.25) is 0 Å². The van der Waals surface area contributed by atoms with Crippen molar-refractivity contribution in [2.75, 3.05) is 25.6 Å². The maximum absolute atomic E-state index is 12.5. The highest BCUT2D eigenvalue weighted by atomic mass is 35.5. The van der Waals surface area contributed by atoms with Crippen molar-refractivity contribution in [1.82, 2.24) is 5.32 Å². The molecule has 8 nitrogen and oxygen atoms in total. The maximum Gasteiger partial charge on any atom is 0.262 e. The van der Waals surface area contributed by atoms with E-state index in [2.05, 4.69) is 10.6 Å². The topological polar surface area (TPSA) is 110 Å². The number of methoxy groups -OCH3 is 1. The number of nitrogens with one attached hydrogen (secondary N) is 2. The molecule has 0 saturated heterocycles. The lowest BCUT2D eigenvalue weighted by Crippen LogP contribution is -2.23. The van der Waals surface area contributed by atoms with Gasteiger partial charge in [-0.15, -0.1) is 0 Å². The summed E-state index contributed by atoms with van der Waals surface area (Å²) in [6.45, 7) is 2.07. The predicted molar refractivity (Wildman–Crippen MR) is 142 cm³/mol. The number of nitriles is 1. The van der Waals surface area contributed by atoms with Gasteiger partial charge in [0.15, 0.2) is 18.1 Å². The Balaban J connectivity index is 1.70. The molecule has 0 aliphatic rings. The number of halogens is 1. The van der Waals surface area contributed by atoms with Gasteiger partial charge in [0.1, 0.15) is 17.4 Å². The van der Waals surface area contributed by atoms with E-state index in [-0.39, 0.29) is 35.2 Å². The first kappa shape index (κ1) is 27.1. The van der Waals surface area contributed by atoms with E-state index in [0.717, 1.165) is 5.56 Å². The van der Waals surface area contributed by atoms with E-state index in [1.807, 2.05) is 36.4 Å². The third-order valence-corrected chi connectivity index (χ3v) is 5.31. The average Bonchev–Trinajstić information content (AvgIpc) is 2.91. The van der Waals surface area contributed by atoms with E-state index in [1.54, 1.807) is 44.4 Å². The van der Waals surface area contributed by atoms with Crippen LogP contribution < -0.4 is 24.8 Å². The summed E-state index contributed by atoms with van der Waals surface area (Å²) >= 11 is 6.43. The SMILES string of the molecule is CCOc1cc(/C=C(\C#N)C(=O)NCc2ccccc2)cc(Cl)c1OCC(=O)Nc1ccc(OC)cc1. The summed E-state index contributed by atoms with van der Waals surface area (Å²) in [4.78, 5) is 24.9. The van der Waals surface area contributed by atoms with Crippen LogP contribution >= 0.6 is 11.6 Å². The van der Waals surface area contributed by atoms with Gasteiger partial charge in [0.25, 0.3) is 11.8 Å². The zero-order valence-electron chi connectivity index (χ0n) is 20.4. The van der Waals surface area contributed by atoms with Crippen molar-refractivity contribution in [1.29, 1.82) is 5.26 Å². The highest BCUT2D eigenvalue weighted by Gasteiger charge is 2.16. The summed E-state index contributed by atoms with van der Waals surface area (Å²) in [5.74, 6) is 0.216. The van der Waals surface area contributed by atoms with E-state index >= 15 is 0 Å². The number of carbonyl (C=O) groups excluding carboxylic acids is 2. The van der Waals surface area contributed by atoms with Gasteiger partial charge in [-0.2, -0.15) is 5.26 Å². The van der Waals surface area contributed by atoms with Crippen LogP contribution in [0.4, 0.5) is 5.69 Å². The number of rotatable bonds is 11. The molecule has 2 amide bonds. The van der Waals surface area contributed by atoms with Crippen LogP contribution in [0.5, 0.6) is 17.2 Å². The summed E-state index contributed by atoms with van der Waals surface area (Å²) in [6.07, 6.45) is 1.41. The third-order valence-electron chi connectivity index (χ3n) is 5.03. The second kappa shape index (κ2) is 13.6. The van der Waals surface area contributed by atoms with Crippen molar-refractivity contribution < 1.29 is 23.8 Å². The molecule has 3 aromatic rings. The Kier molecular flexibility index (Phi) is 9.94. The molecule has 0 fully saturated rings. The lowest BCUT2D eigenvalue weighted by molar-refractivity contribution is -0.118. The monoisotopic (exact) mass is 519 g/mol. The molecular weight excluding hydrogens is 494 g/mol. The zero-order valence-corrected chi connectivity index (χ0v) is 21.2. The smallest absolute Gasteiger partial charge is 0.262 e. The molecule has 9 heteroatoms. The molecule has 3 rings (SSSR count). The molecule has 0 unspecified atom stereocenters. The highest BCUT2D eigenvalue weighted by Crippen LogP contribution is 2.37. The van der Waals surface area contributed by atoms with Crippen LogP contribution in [-0.2, 0) is 16.1 Å². The lowest BCUT2D eigenvalue weighted by atomic mass is 10.1. The van der Waals surface area contributed by atoms with Crippen LogP contribution in [0.2, 0.25) is 5.02 Å². The molecule has 0 heterocycles. The number of hydrogen-bond donors (Lipinski definition) is 2. The van der Waals surface area contributed by atoms with Crippen molar-refractivity contribution in [3.05, 3.63) is 88.5 Å². The van der Waals surface area contributed by atoms with Crippen molar-refractivity contribution in [3.8, 4) is 23.3 Å². The number of ether oxygens (including phenoxy) is 3. The molecule has 0 aromatic heterocycles. The third kappa shape index (κ3) is 8.02. The van der Waals surface area contributed by atoms with Crippen LogP contribution in [0.25, 0.3) is 6.08 Å². The molecule has 3 aromatic carbocycles. The van der Waals surface area contributed by atoms with E-state index in [4.69, 9.17) is 25.8 Å². The van der Waals surface area contributed by atoms with Gasteiger partial charge in [-0.1, -0.05) is 41.9 Å². The molecule has 190 valence electrons. The van der Waals surface area contributed by atoms with Crippen LogP contribution in [-0.4, -0.2) is 32.1 Å². The lowest BCUT2D eigenvalue weighted by Gasteiger charge is -2.15. The fourth-order valence-electron chi connectivity index (χ4n) is 3.27. The van der Waals surface area contributed by atoms with Crippen LogP contribution in [0, 0.1) is 11.3 Å². The number of nitrogens with zero attached hydrogens (tertiary/aromatic N) is 1. The number of anilines is 1. The van der Waals surface area contributed by atoms with Gasteiger partial charge < -0.3 is 24.8 Å². The first-order valence-corrected chi connectivity index (χ1v) is 11.8. The van der Waals surface area contributed by atoms with Crippen LogP contribution in [0.1, 0.15) is 18.1 Å². The largest absolute Gasteiger partial charge is 0.497 e. The zero-order chi connectivity index (χ0) is 26.6. The van der Waals surface area contributed by atoms with Crippen molar-refractivity contribution in [3.63, 3.8) is 0 Å². The Morgan fingerprint density at radius 3 is 2.43 bits per heavy atom. The second-order valence-corrected chi connectivity index (χ2v) is 8.07. The minimum absolute atomic E-state index is 0.0954. The van der Waals surface area contributed by atoms with E-state index in [9.17, 15) is 14.9 Å². The minimum Gasteiger partial charge on any atom is -0.497 e. The van der Waals surface area contributed by atoms with Crippen molar-refractivity contribution >= 4 is 35.2 Å². The molecule has 0 aliphatic carbocycles. The van der Waals surface area contributed by atoms with Gasteiger partial charge >= 0.3 is 0 Å². The molecule has 37 heavy (non-hydrogen) atoms. The average molecular weight is 520 g/mol. The van der Waals surface area contributed by atoms with Gasteiger partial charge in [0, 0.05) is 12.2 Å². The summed E-state index contributed by atoms with van der Waals surface area (Å²) in [6, 6.07) is 21.3. The number of benzene rings is 3. The van der Waals surface area contributed by atoms with Gasteiger partial charge in [-0.25, -0.2) is 0 Å². The van der Waals surface area contributed by atoms with E-state index in [1.165, 1.54) is 12.1 Å². The Morgan fingerprint density at radius 1 is 1.05 bits per heavy atom. The van der Waals surface area contributed by atoms with E-state index < -0.39 is 11.8 Å². The first-order chi connectivity index (χ1) is 17.9. The molecule has 0 radical (unpaired) electrons. The molecule has 0 spiro atoms. The summed E-state index contributed by atoms with van der Waals surface area (Å²) in [7, 11) is 1.56. The van der Waals surface area contributed by atoms with Crippen LogP contribution in [0.3, 0.4) is 0 Å². The maximum atomic E-state index is 12.5. The van der Waals surface area contributed by atoms with E-state index in [0.29, 0.717) is 23.6 Å². The van der Waals surface area contributed by atoms with Crippen LogP contribution in [0.15, 0.2) is 72.3 Å².